The number of unbranched alkanes of at least 4 members (excludes halogenated alkanes) is 2. The fourth-order valence-electron chi connectivity index (χ4n) is 2.27. The quantitative estimate of drug-likeness (QED) is 0.261. The van der Waals surface area contributed by atoms with Crippen LogP contribution in [-0.4, -0.2) is 35.0 Å². The summed E-state index contributed by atoms with van der Waals surface area (Å²) in [6.07, 6.45) is 3.70. The summed E-state index contributed by atoms with van der Waals surface area (Å²) >= 11 is 0. The highest BCUT2D eigenvalue weighted by molar-refractivity contribution is 5.84. The normalized spacial score (nSPS) is 11.4. The van der Waals surface area contributed by atoms with E-state index in [-0.39, 0.29) is 25.3 Å². The van der Waals surface area contributed by atoms with Crippen LogP contribution in [0.1, 0.15) is 38.2 Å². The first kappa shape index (κ1) is 19.6. The third-order valence-electron chi connectivity index (χ3n) is 3.59. The molecule has 0 bridgehead atoms. The third kappa shape index (κ3) is 7.73. The Morgan fingerprint density at radius 2 is 1.92 bits per heavy atom. The predicted molar refractivity (Wildman–Crippen MR) is 88.6 cm³/mol. The van der Waals surface area contributed by atoms with Crippen LogP contribution in [-0.2, 0) is 20.8 Å². The summed E-state index contributed by atoms with van der Waals surface area (Å²) in [5.41, 5.74) is 5.57. The summed E-state index contributed by atoms with van der Waals surface area (Å²) in [4.78, 5) is 34.5. The highest BCUT2D eigenvalue weighted by Crippen LogP contribution is 2.11. The number of benzene rings is 1. The lowest BCUT2D eigenvalue weighted by Gasteiger charge is -2.19. The van der Waals surface area contributed by atoms with E-state index in [9.17, 15) is 19.6 Å². The van der Waals surface area contributed by atoms with Crippen molar-refractivity contribution >= 4 is 18.2 Å². The molecule has 0 saturated carbocycles. The van der Waals surface area contributed by atoms with E-state index in [2.05, 4.69) is 10.9 Å². The molecular weight excluding hydrogens is 310 g/mol. The second-order valence-electron chi connectivity index (χ2n) is 5.62. The molecule has 0 aliphatic heterocycles. The lowest BCUT2D eigenvalue weighted by molar-refractivity contribution is -0.155. The van der Waals surface area contributed by atoms with Crippen molar-refractivity contribution in [3.63, 3.8) is 0 Å². The molecule has 1 rings (SSSR count). The molecule has 7 nitrogen and oxygen atoms in total. The zero-order valence-electron chi connectivity index (χ0n) is 13.9. The molecule has 3 amide bonds. The van der Waals surface area contributed by atoms with Gasteiger partial charge in [0.1, 0.15) is 0 Å². The van der Waals surface area contributed by atoms with Crippen LogP contribution >= 0.6 is 0 Å². The molecule has 0 saturated heterocycles. The summed E-state index contributed by atoms with van der Waals surface area (Å²) in [5.74, 6) is -1.34. The molecular formula is C17H25N3O4. The van der Waals surface area contributed by atoms with Gasteiger partial charge in [0.2, 0.25) is 18.2 Å². The monoisotopic (exact) mass is 335 g/mol. The average Bonchev–Trinajstić information content (AvgIpc) is 2.59. The van der Waals surface area contributed by atoms with E-state index < -0.39 is 11.8 Å². The van der Waals surface area contributed by atoms with Gasteiger partial charge in [-0.25, -0.2) is 5.06 Å². The number of carbonyl (C=O) groups excluding carboxylic acids is 3. The molecule has 1 atom stereocenters. The Hall–Kier alpha value is -2.41. The van der Waals surface area contributed by atoms with Crippen LogP contribution in [0, 0.1) is 5.92 Å². The van der Waals surface area contributed by atoms with Crippen molar-refractivity contribution in [2.75, 3.05) is 6.54 Å². The van der Waals surface area contributed by atoms with E-state index in [1.165, 1.54) is 0 Å². The molecule has 0 unspecified atom stereocenters. The molecule has 3 N–H and O–H groups in total. The minimum atomic E-state index is -0.580. The molecule has 0 aliphatic rings. The number of hydrazine groups is 1. The van der Waals surface area contributed by atoms with Gasteiger partial charge in [0.15, 0.2) is 0 Å². The lowest BCUT2D eigenvalue weighted by Crippen LogP contribution is -2.47. The van der Waals surface area contributed by atoms with Gasteiger partial charge in [0.25, 0.3) is 0 Å². The first-order valence-corrected chi connectivity index (χ1v) is 8.10. The molecule has 7 heteroatoms. The second kappa shape index (κ2) is 11.2. The molecule has 24 heavy (non-hydrogen) atoms. The van der Waals surface area contributed by atoms with Gasteiger partial charge in [0, 0.05) is 0 Å². The lowest BCUT2D eigenvalue weighted by atomic mass is 10.0. The van der Waals surface area contributed by atoms with Crippen LogP contribution in [0.3, 0.4) is 0 Å². The zero-order chi connectivity index (χ0) is 17.8. The molecule has 0 radical (unpaired) electrons. The van der Waals surface area contributed by atoms with Crippen LogP contribution in [0.2, 0.25) is 0 Å². The predicted octanol–water partition coefficient (Wildman–Crippen LogP) is 1.42. The molecule has 0 fully saturated rings. The smallest absolute Gasteiger partial charge is 0.243 e. The van der Waals surface area contributed by atoms with E-state index in [1.54, 1.807) is 0 Å². The van der Waals surface area contributed by atoms with Crippen LogP contribution in [0.4, 0.5) is 0 Å². The Labute approximate surface area is 142 Å². The van der Waals surface area contributed by atoms with Gasteiger partial charge in [-0.05, 0) is 12.0 Å². The van der Waals surface area contributed by atoms with Crippen molar-refractivity contribution in [1.82, 2.24) is 15.9 Å². The Bertz CT molecular complexity index is 522. The Morgan fingerprint density at radius 3 is 2.54 bits per heavy atom. The number of rotatable bonds is 10. The maximum atomic E-state index is 12.2. The summed E-state index contributed by atoms with van der Waals surface area (Å²) in [5, 5.41) is 9.75. The number of hydrogen-bond acceptors (Lipinski definition) is 4. The zero-order valence-corrected chi connectivity index (χ0v) is 13.9. The van der Waals surface area contributed by atoms with Gasteiger partial charge < -0.3 is 0 Å². The second-order valence-corrected chi connectivity index (χ2v) is 5.62. The Balaban J connectivity index is 2.47. The summed E-state index contributed by atoms with van der Waals surface area (Å²) < 4.78 is 0. The average molecular weight is 335 g/mol. The van der Waals surface area contributed by atoms with Gasteiger partial charge in [-0.2, -0.15) is 0 Å². The van der Waals surface area contributed by atoms with Crippen molar-refractivity contribution in [3.8, 4) is 0 Å². The van der Waals surface area contributed by atoms with Gasteiger partial charge in [-0.15, -0.1) is 0 Å². The number of nitrogens with one attached hydrogen (secondary N) is 2. The summed E-state index contributed by atoms with van der Waals surface area (Å²) in [6, 6.07) is 9.17. The molecule has 1 aromatic rings. The van der Waals surface area contributed by atoms with Gasteiger partial charge in [-0.1, -0.05) is 56.5 Å². The number of nitrogens with zero attached hydrogens (tertiary/aromatic N) is 1. The molecule has 0 heterocycles. The summed E-state index contributed by atoms with van der Waals surface area (Å²) in [6.45, 7) is 1.94. The molecule has 0 aromatic heterocycles. The van der Waals surface area contributed by atoms with Gasteiger partial charge in [0.05, 0.1) is 18.9 Å². The van der Waals surface area contributed by atoms with Crippen molar-refractivity contribution in [1.29, 1.82) is 0 Å². The van der Waals surface area contributed by atoms with E-state index in [1.807, 2.05) is 37.3 Å². The number of carbonyl (C=O) groups is 3. The fourth-order valence-corrected chi connectivity index (χ4v) is 2.27. The van der Waals surface area contributed by atoms with Gasteiger partial charge >= 0.3 is 0 Å². The minimum absolute atomic E-state index is 0.104. The largest absolute Gasteiger partial charge is 0.286 e. The van der Waals surface area contributed by atoms with Crippen LogP contribution < -0.4 is 10.9 Å². The highest BCUT2D eigenvalue weighted by Gasteiger charge is 2.21. The SMILES string of the molecule is CCCCC[C@H](CN(O)C=O)C(=O)NNC(=O)Cc1ccccc1. The highest BCUT2D eigenvalue weighted by atomic mass is 16.5. The molecule has 1 aromatic carbocycles. The fraction of sp³-hybridized carbons (Fsp3) is 0.471. The maximum absolute atomic E-state index is 12.2. The Morgan fingerprint density at radius 1 is 1.21 bits per heavy atom. The maximum Gasteiger partial charge on any atom is 0.243 e. The van der Waals surface area contributed by atoms with Crippen LogP contribution in [0.5, 0.6) is 0 Å². The minimum Gasteiger partial charge on any atom is -0.286 e. The van der Waals surface area contributed by atoms with Crippen LogP contribution in [0.15, 0.2) is 30.3 Å². The van der Waals surface area contributed by atoms with Crippen molar-refractivity contribution in [3.05, 3.63) is 35.9 Å². The van der Waals surface area contributed by atoms with Crippen molar-refractivity contribution < 1.29 is 19.6 Å². The van der Waals surface area contributed by atoms with Crippen molar-refractivity contribution in [2.45, 2.75) is 39.0 Å². The standard InChI is InChI=1S/C17H25N3O4/c1-2-3-5-10-15(12-20(24)13-21)17(23)19-18-16(22)11-14-8-6-4-7-9-14/h4,6-9,13,15,24H,2-3,5,10-12H2,1H3,(H,18,22)(H,19,23)/t15-/m1/s1. The summed E-state index contributed by atoms with van der Waals surface area (Å²) in [7, 11) is 0. The molecule has 0 aliphatic carbocycles. The van der Waals surface area contributed by atoms with E-state index in [4.69, 9.17) is 0 Å². The first-order valence-electron chi connectivity index (χ1n) is 8.10. The first-order chi connectivity index (χ1) is 11.6. The van der Waals surface area contributed by atoms with Gasteiger partial charge in [-0.3, -0.25) is 30.4 Å². The Kier molecular flexibility index (Phi) is 9.14. The van der Waals surface area contributed by atoms with Crippen LogP contribution in [0.25, 0.3) is 0 Å². The van der Waals surface area contributed by atoms with E-state index >= 15 is 0 Å². The number of hydrogen-bond donors (Lipinski definition) is 3. The molecule has 132 valence electrons. The van der Waals surface area contributed by atoms with Crippen molar-refractivity contribution in [2.24, 2.45) is 5.92 Å². The number of amides is 3. The van der Waals surface area contributed by atoms with E-state index in [0.717, 1.165) is 24.8 Å². The third-order valence-corrected chi connectivity index (χ3v) is 3.59. The van der Waals surface area contributed by atoms with E-state index in [0.29, 0.717) is 11.5 Å². The number of hydroxylamine groups is 2. The topological polar surface area (TPSA) is 98.7 Å². The molecule has 0 spiro atoms.